The van der Waals surface area contributed by atoms with E-state index in [-0.39, 0.29) is 5.91 Å². The number of anilines is 1. The molecule has 0 aliphatic rings. The van der Waals surface area contributed by atoms with E-state index in [0.717, 1.165) is 16.8 Å². The summed E-state index contributed by atoms with van der Waals surface area (Å²) in [6.45, 7) is 4.00. The van der Waals surface area contributed by atoms with Crippen LogP contribution in [0.2, 0.25) is 0 Å². The van der Waals surface area contributed by atoms with Gasteiger partial charge in [-0.25, -0.2) is 0 Å². The number of rotatable bonds is 3. The molecule has 98 valence electrons. The third kappa shape index (κ3) is 3.70. The predicted octanol–water partition coefficient (Wildman–Crippen LogP) is 4.15. The third-order valence-corrected chi connectivity index (χ3v) is 3.87. The first-order chi connectivity index (χ1) is 9.06. The molecule has 0 fully saturated rings. The molecule has 1 N–H and O–H groups in total. The van der Waals surface area contributed by atoms with E-state index < -0.39 is 0 Å². The quantitative estimate of drug-likeness (QED) is 0.654. The smallest absolute Gasteiger partial charge is 0.248 e. The van der Waals surface area contributed by atoms with Crippen molar-refractivity contribution in [2.75, 3.05) is 5.32 Å². The zero-order valence-electron chi connectivity index (χ0n) is 10.7. The molecule has 2 aromatic rings. The van der Waals surface area contributed by atoms with Gasteiger partial charge in [-0.1, -0.05) is 0 Å². The van der Waals surface area contributed by atoms with Gasteiger partial charge in [0.05, 0.1) is 6.26 Å². The van der Waals surface area contributed by atoms with E-state index in [1.54, 1.807) is 24.5 Å². The van der Waals surface area contributed by atoms with Gasteiger partial charge in [0.1, 0.15) is 5.76 Å². The minimum absolute atomic E-state index is 0.167. The average Bonchev–Trinajstić information content (AvgIpc) is 2.86. The SMILES string of the molecule is Cc1cc(NC(=O)/C=C/c2ccco2)c(C)cc1I. The van der Waals surface area contributed by atoms with Gasteiger partial charge in [0.15, 0.2) is 0 Å². The van der Waals surface area contributed by atoms with Crippen LogP contribution in [0.1, 0.15) is 16.9 Å². The van der Waals surface area contributed by atoms with Gasteiger partial charge in [-0.2, -0.15) is 0 Å². The molecule has 3 nitrogen and oxygen atoms in total. The van der Waals surface area contributed by atoms with Gasteiger partial charge in [-0.15, -0.1) is 0 Å². The first kappa shape index (κ1) is 13.9. The van der Waals surface area contributed by atoms with E-state index in [4.69, 9.17) is 4.42 Å². The topological polar surface area (TPSA) is 42.2 Å². The second kappa shape index (κ2) is 6.06. The van der Waals surface area contributed by atoms with E-state index in [2.05, 4.69) is 34.0 Å². The Bertz CT molecular complexity index is 615. The van der Waals surface area contributed by atoms with Crippen LogP contribution in [0, 0.1) is 17.4 Å². The molecule has 1 heterocycles. The summed E-state index contributed by atoms with van der Waals surface area (Å²) in [7, 11) is 0. The summed E-state index contributed by atoms with van der Waals surface area (Å²) in [4.78, 5) is 11.8. The van der Waals surface area contributed by atoms with Gasteiger partial charge in [0.2, 0.25) is 5.91 Å². The van der Waals surface area contributed by atoms with Crippen LogP contribution in [-0.2, 0) is 4.79 Å². The molecule has 1 amide bonds. The molecule has 0 unspecified atom stereocenters. The summed E-state index contributed by atoms with van der Waals surface area (Å²) in [6.07, 6.45) is 4.68. The summed E-state index contributed by atoms with van der Waals surface area (Å²) in [5.74, 6) is 0.491. The van der Waals surface area contributed by atoms with Crippen LogP contribution in [0.15, 0.2) is 41.0 Å². The Morgan fingerprint density at radius 2 is 2.11 bits per heavy atom. The lowest BCUT2D eigenvalue weighted by Gasteiger charge is -2.09. The third-order valence-electron chi connectivity index (χ3n) is 2.71. The van der Waals surface area contributed by atoms with Crippen LogP contribution in [0.4, 0.5) is 5.69 Å². The Labute approximate surface area is 125 Å². The highest BCUT2D eigenvalue weighted by molar-refractivity contribution is 14.1. The molecule has 0 aliphatic heterocycles. The van der Waals surface area contributed by atoms with Crippen molar-refractivity contribution in [2.24, 2.45) is 0 Å². The molecule has 0 spiro atoms. The maximum Gasteiger partial charge on any atom is 0.248 e. The molecule has 0 atom stereocenters. The minimum Gasteiger partial charge on any atom is -0.465 e. The molecule has 0 aliphatic carbocycles. The van der Waals surface area contributed by atoms with E-state index in [0.29, 0.717) is 5.76 Å². The Morgan fingerprint density at radius 1 is 1.32 bits per heavy atom. The summed E-state index contributed by atoms with van der Waals surface area (Å²) in [5.41, 5.74) is 3.04. The van der Waals surface area contributed by atoms with Gasteiger partial charge in [0.25, 0.3) is 0 Å². The van der Waals surface area contributed by atoms with Gasteiger partial charge in [-0.05, 0) is 77.9 Å². The normalized spacial score (nSPS) is 10.9. The molecule has 4 heteroatoms. The fourth-order valence-electron chi connectivity index (χ4n) is 1.63. The number of furan rings is 1. The molecule has 0 saturated carbocycles. The lowest BCUT2D eigenvalue weighted by Crippen LogP contribution is -2.09. The van der Waals surface area contributed by atoms with Gasteiger partial charge >= 0.3 is 0 Å². The minimum atomic E-state index is -0.167. The van der Waals surface area contributed by atoms with Crippen LogP contribution >= 0.6 is 22.6 Å². The van der Waals surface area contributed by atoms with Gasteiger partial charge < -0.3 is 9.73 Å². The number of hydrogen-bond acceptors (Lipinski definition) is 2. The van der Waals surface area contributed by atoms with Crippen LogP contribution in [-0.4, -0.2) is 5.91 Å². The lowest BCUT2D eigenvalue weighted by atomic mass is 10.1. The first-order valence-electron chi connectivity index (χ1n) is 5.85. The van der Waals surface area contributed by atoms with Crippen molar-refractivity contribution in [1.29, 1.82) is 0 Å². The van der Waals surface area contributed by atoms with Crippen molar-refractivity contribution in [2.45, 2.75) is 13.8 Å². The molecular weight excluding hydrogens is 353 g/mol. The molecule has 1 aromatic carbocycles. The summed E-state index contributed by atoms with van der Waals surface area (Å²) in [5, 5.41) is 2.87. The molecule has 0 radical (unpaired) electrons. The van der Waals surface area contributed by atoms with Crippen molar-refractivity contribution in [3.05, 3.63) is 57.1 Å². The van der Waals surface area contributed by atoms with E-state index in [1.165, 1.54) is 9.65 Å². The number of nitrogens with one attached hydrogen (secondary N) is 1. The van der Waals surface area contributed by atoms with Gasteiger partial charge in [-0.3, -0.25) is 4.79 Å². The first-order valence-corrected chi connectivity index (χ1v) is 6.93. The number of benzene rings is 1. The second-order valence-electron chi connectivity index (χ2n) is 4.25. The van der Waals surface area contributed by atoms with Crippen molar-refractivity contribution < 1.29 is 9.21 Å². The Morgan fingerprint density at radius 3 is 2.79 bits per heavy atom. The maximum atomic E-state index is 11.8. The highest BCUT2D eigenvalue weighted by atomic mass is 127. The Kier molecular flexibility index (Phi) is 4.42. The number of carbonyl (C=O) groups is 1. The average molecular weight is 367 g/mol. The number of carbonyl (C=O) groups excluding carboxylic acids is 1. The largest absolute Gasteiger partial charge is 0.465 e. The predicted molar refractivity (Wildman–Crippen MR) is 85.0 cm³/mol. The summed E-state index contributed by atoms with van der Waals surface area (Å²) >= 11 is 2.28. The van der Waals surface area contributed by atoms with Crippen LogP contribution in [0.25, 0.3) is 6.08 Å². The van der Waals surface area contributed by atoms with E-state index >= 15 is 0 Å². The zero-order chi connectivity index (χ0) is 13.8. The molecule has 0 bridgehead atoms. The highest BCUT2D eigenvalue weighted by Crippen LogP contribution is 2.21. The van der Waals surface area contributed by atoms with Crippen molar-refractivity contribution in [3.63, 3.8) is 0 Å². The molecule has 1 aromatic heterocycles. The number of hydrogen-bond donors (Lipinski definition) is 1. The van der Waals surface area contributed by atoms with E-state index in [1.807, 2.05) is 19.9 Å². The Balaban J connectivity index is 2.09. The van der Waals surface area contributed by atoms with Crippen LogP contribution in [0.5, 0.6) is 0 Å². The summed E-state index contributed by atoms with van der Waals surface area (Å²) < 4.78 is 6.32. The fraction of sp³-hybridized carbons (Fsp3) is 0.133. The van der Waals surface area contributed by atoms with Crippen molar-refractivity contribution in [3.8, 4) is 0 Å². The maximum absolute atomic E-state index is 11.8. The molecule has 19 heavy (non-hydrogen) atoms. The zero-order valence-corrected chi connectivity index (χ0v) is 12.9. The van der Waals surface area contributed by atoms with Crippen LogP contribution in [0.3, 0.4) is 0 Å². The number of aryl methyl sites for hydroxylation is 2. The standard InChI is InChI=1S/C15H14INO2/c1-10-9-14(11(2)8-13(10)16)17-15(18)6-5-12-4-3-7-19-12/h3-9H,1-2H3,(H,17,18)/b6-5+. The molecular formula is C15H14INO2. The second-order valence-corrected chi connectivity index (χ2v) is 5.42. The number of amides is 1. The fourth-order valence-corrected chi connectivity index (χ4v) is 2.26. The summed E-state index contributed by atoms with van der Waals surface area (Å²) in [6, 6.07) is 7.62. The molecule has 2 rings (SSSR count). The lowest BCUT2D eigenvalue weighted by molar-refractivity contribution is -0.111. The number of halogens is 1. The van der Waals surface area contributed by atoms with Crippen LogP contribution < -0.4 is 5.32 Å². The van der Waals surface area contributed by atoms with Gasteiger partial charge in [0, 0.05) is 15.3 Å². The monoisotopic (exact) mass is 367 g/mol. The molecule has 0 saturated heterocycles. The Hall–Kier alpha value is -1.56. The van der Waals surface area contributed by atoms with Crippen molar-refractivity contribution >= 4 is 40.3 Å². The van der Waals surface area contributed by atoms with Crippen molar-refractivity contribution in [1.82, 2.24) is 0 Å². The van der Waals surface area contributed by atoms with E-state index in [9.17, 15) is 4.79 Å². The highest BCUT2D eigenvalue weighted by Gasteiger charge is 2.05.